The molecular formula is C22H28N2O2. The number of methoxy groups -OCH3 is 1. The summed E-state index contributed by atoms with van der Waals surface area (Å²) in [7, 11) is 5.76. The molecule has 0 aromatic heterocycles. The van der Waals surface area contributed by atoms with Gasteiger partial charge in [-0.3, -0.25) is 4.90 Å². The zero-order chi connectivity index (χ0) is 18.5. The summed E-state index contributed by atoms with van der Waals surface area (Å²) in [4.78, 5) is 4.41. The Balaban J connectivity index is 1.58. The van der Waals surface area contributed by atoms with Gasteiger partial charge in [0.05, 0.1) is 13.2 Å². The predicted octanol–water partition coefficient (Wildman–Crippen LogP) is 3.58. The molecule has 2 aromatic rings. The van der Waals surface area contributed by atoms with Crippen LogP contribution in [-0.2, 0) is 0 Å². The fraction of sp³-hybridized carbons (Fsp3) is 0.364. The fourth-order valence-electron chi connectivity index (χ4n) is 3.29. The van der Waals surface area contributed by atoms with Gasteiger partial charge in [-0.15, -0.1) is 0 Å². The van der Waals surface area contributed by atoms with Gasteiger partial charge in [0.15, 0.2) is 0 Å². The van der Waals surface area contributed by atoms with Crippen molar-refractivity contribution < 1.29 is 9.84 Å². The Morgan fingerprint density at radius 3 is 2.31 bits per heavy atom. The van der Waals surface area contributed by atoms with Crippen LogP contribution in [0.25, 0.3) is 5.57 Å². The summed E-state index contributed by atoms with van der Waals surface area (Å²) in [5.41, 5.74) is 4.84. The second-order valence-corrected chi connectivity index (χ2v) is 6.97. The Hall–Kier alpha value is -2.30. The van der Waals surface area contributed by atoms with Crippen LogP contribution in [0.5, 0.6) is 5.75 Å². The molecule has 0 aliphatic carbocycles. The van der Waals surface area contributed by atoms with E-state index in [1.54, 1.807) is 7.11 Å². The van der Waals surface area contributed by atoms with Crippen LogP contribution >= 0.6 is 0 Å². The number of hydrogen-bond donors (Lipinski definition) is 1. The third kappa shape index (κ3) is 4.45. The maximum Gasteiger partial charge on any atom is 0.118 e. The van der Waals surface area contributed by atoms with Crippen molar-refractivity contribution in [3.8, 4) is 5.75 Å². The van der Waals surface area contributed by atoms with Gasteiger partial charge in [0.1, 0.15) is 5.75 Å². The summed E-state index contributed by atoms with van der Waals surface area (Å²) < 4.78 is 5.17. The predicted molar refractivity (Wildman–Crippen MR) is 108 cm³/mol. The molecule has 1 N–H and O–H groups in total. The van der Waals surface area contributed by atoms with Crippen molar-refractivity contribution in [1.29, 1.82) is 0 Å². The van der Waals surface area contributed by atoms with Crippen LogP contribution in [0, 0.1) is 0 Å². The number of β-amino-alcohol motifs (C(OH)–C–C–N with tert-alkyl or cyclic N) is 1. The molecule has 0 unspecified atom stereocenters. The molecular weight excluding hydrogens is 324 g/mol. The number of hydrogen-bond acceptors (Lipinski definition) is 4. The van der Waals surface area contributed by atoms with Crippen LogP contribution < -0.4 is 9.64 Å². The summed E-state index contributed by atoms with van der Waals surface area (Å²) in [6, 6.07) is 16.4. The van der Waals surface area contributed by atoms with Gasteiger partial charge in [0.25, 0.3) is 0 Å². The summed E-state index contributed by atoms with van der Waals surface area (Å²) >= 11 is 0. The topological polar surface area (TPSA) is 35.9 Å². The van der Waals surface area contributed by atoms with Gasteiger partial charge in [-0.1, -0.05) is 30.3 Å². The number of rotatable bonds is 6. The molecule has 26 heavy (non-hydrogen) atoms. The lowest BCUT2D eigenvalue weighted by molar-refractivity contribution is 0.119. The minimum absolute atomic E-state index is 0.477. The molecule has 4 nitrogen and oxygen atoms in total. The zero-order valence-corrected chi connectivity index (χ0v) is 15.9. The number of benzene rings is 2. The molecule has 0 spiro atoms. The molecule has 0 saturated heterocycles. The first-order valence-electron chi connectivity index (χ1n) is 9.08. The Labute approximate surface area is 156 Å². The standard InChI is InChI=1S/C22H28N2O2/c1-23(2)20-8-4-17(5-9-20)18-12-14-24(15-13-18)16-22(25)19-6-10-21(26-3)11-7-19/h4-12,22,25H,13-16H2,1-3H3/t22-/m0/s1. The van der Waals surface area contributed by atoms with Crippen molar-refractivity contribution in [1.82, 2.24) is 4.90 Å². The molecule has 0 bridgehead atoms. The second kappa shape index (κ2) is 8.39. The molecule has 1 heterocycles. The van der Waals surface area contributed by atoms with Gasteiger partial charge in [-0.25, -0.2) is 0 Å². The van der Waals surface area contributed by atoms with Gasteiger partial charge in [-0.05, 0) is 47.4 Å². The normalized spacial score (nSPS) is 16.1. The van der Waals surface area contributed by atoms with Crippen molar-refractivity contribution in [3.05, 3.63) is 65.7 Å². The van der Waals surface area contributed by atoms with Gasteiger partial charge in [-0.2, -0.15) is 0 Å². The Bertz CT molecular complexity index is 736. The molecule has 0 saturated carbocycles. The van der Waals surface area contributed by atoms with Crippen LogP contribution in [-0.4, -0.2) is 50.8 Å². The molecule has 2 aromatic carbocycles. The molecule has 0 amide bonds. The van der Waals surface area contributed by atoms with Gasteiger partial charge >= 0.3 is 0 Å². The van der Waals surface area contributed by atoms with Crippen LogP contribution in [0.15, 0.2) is 54.6 Å². The Kier molecular flexibility index (Phi) is 5.96. The van der Waals surface area contributed by atoms with E-state index in [-0.39, 0.29) is 0 Å². The lowest BCUT2D eigenvalue weighted by Crippen LogP contribution is -2.32. The third-order valence-electron chi connectivity index (χ3n) is 4.98. The second-order valence-electron chi connectivity index (χ2n) is 6.97. The number of aliphatic hydroxyl groups is 1. The van der Waals surface area contributed by atoms with Gasteiger partial charge < -0.3 is 14.7 Å². The first kappa shape index (κ1) is 18.5. The highest BCUT2D eigenvalue weighted by Gasteiger charge is 2.17. The third-order valence-corrected chi connectivity index (χ3v) is 4.98. The molecule has 1 aliphatic heterocycles. The van der Waals surface area contributed by atoms with Crippen LogP contribution in [0.2, 0.25) is 0 Å². The lowest BCUT2D eigenvalue weighted by Gasteiger charge is -2.28. The number of anilines is 1. The van der Waals surface area contributed by atoms with E-state index in [4.69, 9.17) is 4.74 Å². The molecule has 0 radical (unpaired) electrons. The highest BCUT2D eigenvalue weighted by molar-refractivity contribution is 5.68. The van der Waals surface area contributed by atoms with E-state index < -0.39 is 6.10 Å². The van der Waals surface area contributed by atoms with Crippen LogP contribution in [0.4, 0.5) is 5.69 Å². The molecule has 1 aliphatic rings. The minimum atomic E-state index is -0.477. The van der Waals surface area contributed by atoms with Crippen LogP contribution in [0.3, 0.4) is 0 Å². The summed E-state index contributed by atoms with van der Waals surface area (Å²) in [6.07, 6.45) is 2.82. The highest BCUT2D eigenvalue weighted by Crippen LogP contribution is 2.26. The SMILES string of the molecule is COc1ccc([C@@H](O)CN2CC=C(c3ccc(N(C)C)cc3)CC2)cc1. The van der Waals surface area contributed by atoms with Gasteiger partial charge in [0, 0.05) is 39.4 Å². The average molecular weight is 352 g/mol. The molecule has 4 heteroatoms. The zero-order valence-electron chi connectivity index (χ0n) is 15.9. The highest BCUT2D eigenvalue weighted by atomic mass is 16.5. The first-order chi connectivity index (χ1) is 12.6. The van der Waals surface area contributed by atoms with Gasteiger partial charge in [0.2, 0.25) is 0 Å². The van der Waals surface area contributed by atoms with Crippen molar-refractivity contribution in [2.45, 2.75) is 12.5 Å². The monoisotopic (exact) mass is 352 g/mol. The maximum absolute atomic E-state index is 10.5. The smallest absolute Gasteiger partial charge is 0.118 e. The Morgan fingerprint density at radius 2 is 1.77 bits per heavy atom. The number of ether oxygens (including phenoxy) is 1. The molecule has 0 fully saturated rings. The largest absolute Gasteiger partial charge is 0.497 e. The van der Waals surface area contributed by atoms with Crippen molar-refractivity contribution in [2.75, 3.05) is 45.7 Å². The summed E-state index contributed by atoms with van der Waals surface area (Å²) in [6.45, 7) is 2.49. The number of nitrogens with zero attached hydrogens (tertiary/aromatic N) is 2. The number of aliphatic hydroxyl groups excluding tert-OH is 1. The van der Waals surface area contributed by atoms with E-state index in [1.807, 2.05) is 24.3 Å². The van der Waals surface area contributed by atoms with Crippen molar-refractivity contribution in [2.24, 2.45) is 0 Å². The molecule has 3 rings (SSSR count). The fourth-order valence-corrected chi connectivity index (χ4v) is 3.29. The van der Waals surface area contributed by atoms with E-state index in [1.165, 1.54) is 16.8 Å². The first-order valence-corrected chi connectivity index (χ1v) is 9.08. The molecule has 138 valence electrons. The van der Waals surface area contributed by atoms with Crippen molar-refractivity contribution >= 4 is 11.3 Å². The van der Waals surface area contributed by atoms with E-state index >= 15 is 0 Å². The lowest BCUT2D eigenvalue weighted by atomic mass is 9.98. The Morgan fingerprint density at radius 1 is 1.08 bits per heavy atom. The van der Waals surface area contributed by atoms with Crippen LogP contribution in [0.1, 0.15) is 23.7 Å². The van der Waals surface area contributed by atoms with E-state index in [0.717, 1.165) is 30.8 Å². The van der Waals surface area contributed by atoms with Crippen molar-refractivity contribution in [3.63, 3.8) is 0 Å². The van der Waals surface area contributed by atoms with E-state index in [0.29, 0.717) is 6.54 Å². The van der Waals surface area contributed by atoms with E-state index in [2.05, 4.69) is 54.2 Å². The average Bonchev–Trinajstić information content (AvgIpc) is 2.68. The van der Waals surface area contributed by atoms with E-state index in [9.17, 15) is 5.11 Å². The summed E-state index contributed by atoms with van der Waals surface area (Å²) in [5, 5.41) is 10.5. The minimum Gasteiger partial charge on any atom is -0.497 e. The summed E-state index contributed by atoms with van der Waals surface area (Å²) in [5.74, 6) is 0.812. The maximum atomic E-state index is 10.5. The quantitative estimate of drug-likeness (QED) is 0.862. The molecule has 1 atom stereocenters.